The molecule has 7 nitrogen and oxygen atoms in total. The lowest BCUT2D eigenvalue weighted by atomic mass is 10.1. The lowest BCUT2D eigenvalue weighted by molar-refractivity contribution is 0.0431. The Balaban J connectivity index is 1.68. The van der Waals surface area contributed by atoms with Crippen molar-refractivity contribution in [1.29, 1.82) is 0 Å². The Hall–Kier alpha value is -3.61. The van der Waals surface area contributed by atoms with Crippen LogP contribution in [0.2, 0.25) is 0 Å². The van der Waals surface area contributed by atoms with Gasteiger partial charge in [0.25, 0.3) is 5.56 Å². The number of Topliss-reactive ketones (excluding diaryl/α,β-unsaturated/α-hetero) is 1. The van der Waals surface area contributed by atoms with Gasteiger partial charge in [0.15, 0.2) is 5.78 Å². The van der Waals surface area contributed by atoms with E-state index in [0.29, 0.717) is 22.6 Å². The summed E-state index contributed by atoms with van der Waals surface area (Å²) in [6.45, 7) is 1.60. The summed E-state index contributed by atoms with van der Waals surface area (Å²) < 4.78 is 17.5. The summed E-state index contributed by atoms with van der Waals surface area (Å²) in [7, 11) is 1.50. The van der Waals surface area contributed by atoms with Crippen molar-refractivity contribution in [2.45, 2.75) is 20.1 Å². The number of ketones is 1. The molecule has 0 amide bonds. The van der Waals surface area contributed by atoms with E-state index in [9.17, 15) is 14.4 Å². The van der Waals surface area contributed by atoms with Gasteiger partial charge in [0, 0.05) is 23.4 Å². The van der Waals surface area contributed by atoms with E-state index in [1.54, 1.807) is 42.6 Å². The van der Waals surface area contributed by atoms with Crippen molar-refractivity contribution in [3.8, 4) is 5.75 Å². The molecule has 2 heterocycles. The van der Waals surface area contributed by atoms with Gasteiger partial charge in [0.05, 0.1) is 13.7 Å². The summed E-state index contributed by atoms with van der Waals surface area (Å²) in [4.78, 5) is 35.6. The summed E-state index contributed by atoms with van der Waals surface area (Å²) in [5.41, 5.74) is 0.909. The second kappa shape index (κ2) is 8.39. The third kappa shape index (κ3) is 4.37. The molecular formula is C21H19NO6. The van der Waals surface area contributed by atoms with E-state index < -0.39 is 5.97 Å². The minimum absolute atomic E-state index is 0.0284. The molecule has 7 heteroatoms. The summed E-state index contributed by atoms with van der Waals surface area (Å²) in [5, 5.41) is 0. The van der Waals surface area contributed by atoms with Gasteiger partial charge in [-0.25, -0.2) is 4.79 Å². The quantitative estimate of drug-likeness (QED) is 0.462. The minimum Gasteiger partial charge on any atom is -0.496 e. The molecule has 3 aromatic rings. The van der Waals surface area contributed by atoms with Crippen molar-refractivity contribution in [2.75, 3.05) is 7.11 Å². The fraction of sp³-hybridized carbons (Fsp3) is 0.190. The first-order valence-corrected chi connectivity index (χ1v) is 8.57. The number of esters is 1. The van der Waals surface area contributed by atoms with E-state index in [4.69, 9.17) is 13.9 Å². The van der Waals surface area contributed by atoms with Crippen molar-refractivity contribution in [3.63, 3.8) is 0 Å². The molecule has 0 aliphatic carbocycles. The zero-order valence-electron chi connectivity index (χ0n) is 15.5. The van der Waals surface area contributed by atoms with Crippen molar-refractivity contribution < 1.29 is 23.5 Å². The van der Waals surface area contributed by atoms with Crippen LogP contribution in [0.4, 0.5) is 0 Å². The van der Waals surface area contributed by atoms with E-state index in [1.165, 1.54) is 30.7 Å². The average molecular weight is 381 g/mol. The topological polar surface area (TPSA) is 87.7 Å². The van der Waals surface area contributed by atoms with Crippen LogP contribution in [0.1, 0.15) is 39.2 Å². The standard InChI is InChI=1S/C21H19NO6/c1-14(23)15-6-8-18(26-2)16(11-15)13-27-21(25)19-9-7-17(28-19)12-22-10-4-3-5-20(22)24/h3-11H,12-13H2,1-2H3. The Kier molecular flexibility index (Phi) is 5.74. The fourth-order valence-corrected chi connectivity index (χ4v) is 2.66. The Morgan fingerprint density at radius 3 is 2.64 bits per heavy atom. The molecule has 0 radical (unpaired) electrons. The number of benzene rings is 1. The van der Waals surface area contributed by atoms with Gasteiger partial charge in [0.2, 0.25) is 5.76 Å². The molecule has 28 heavy (non-hydrogen) atoms. The number of carbonyl (C=O) groups is 2. The highest BCUT2D eigenvalue weighted by molar-refractivity contribution is 5.94. The largest absolute Gasteiger partial charge is 0.496 e. The first kappa shape index (κ1) is 19.2. The van der Waals surface area contributed by atoms with Crippen LogP contribution >= 0.6 is 0 Å². The van der Waals surface area contributed by atoms with E-state index in [-0.39, 0.29) is 30.3 Å². The van der Waals surface area contributed by atoms with Crippen LogP contribution in [0.25, 0.3) is 0 Å². The maximum atomic E-state index is 12.3. The lowest BCUT2D eigenvalue weighted by Crippen LogP contribution is -2.17. The van der Waals surface area contributed by atoms with Crippen LogP contribution in [0.3, 0.4) is 0 Å². The van der Waals surface area contributed by atoms with Crippen LogP contribution in [-0.4, -0.2) is 23.4 Å². The van der Waals surface area contributed by atoms with E-state index in [2.05, 4.69) is 0 Å². The van der Waals surface area contributed by atoms with Crippen LogP contribution in [-0.2, 0) is 17.9 Å². The smallest absolute Gasteiger partial charge is 0.374 e. The number of hydrogen-bond acceptors (Lipinski definition) is 6. The zero-order chi connectivity index (χ0) is 20.1. The highest BCUT2D eigenvalue weighted by atomic mass is 16.5. The maximum Gasteiger partial charge on any atom is 0.374 e. The third-order valence-corrected chi connectivity index (χ3v) is 4.13. The van der Waals surface area contributed by atoms with Gasteiger partial charge < -0.3 is 18.5 Å². The van der Waals surface area contributed by atoms with Crippen LogP contribution in [0, 0.1) is 0 Å². The SMILES string of the molecule is COc1ccc(C(C)=O)cc1COC(=O)c1ccc(Cn2ccccc2=O)o1. The molecule has 0 saturated heterocycles. The minimum atomic E-state index is -0.651. The van der Waals surface area contributed by atoms with Crippen LogP contribution in [0.15, 0.2) is 63.9 Å². The van der Waals surface area contributed by atoms with Crippen molar-refractivity contribution in [3.05, 3.63) is 87.7 Å². The Bertz CT molecular complexity index is 1060. The number of hydrogen-bond donors (Lipinski definition) is 0. The highest BCUT2D eigenvalue weighted by Gasteiger charge is 2.15. The van der Waals surface area contributed by atoms with Gasteiger partial charge >= 0.3 is 5.97 Å². The molecule has 3 rings (SSSR count). The number of nitrogens with zero attached hydrogens (tertiary/aromatic N) is 1. The number of aromatic nitrogens is 1. The van der Waals surface area contributed by atoms with E-state index in [0.717, 1.165) is 0 Å². The Morgan fingerprint density at radius 1 is 1.11 bits per heavy atom. The second-order valence-electron chi connectivity index (χ2n) is 6.09. The van der Waals surface area contributed by atoms with Crippen molar-refractivity contribution in [2.24, 2.45) is 0 Å². The molecule has 0 unspecified atom stereocenters. The molecule has 0 bridgehead atoms. The molecule has 0 aliphatic rings. The van der Waals surface area contributed by atoms with Gasteiger partial charge in [-0.15, -0.1) is 0 Å². The number of furan rings is 1. The molecule has 1 aromatic carbocycles. The third-order valence-electron chi connectivity index (χ3n) is 4.13. The van der Waals surface area contributed by atoms with Gasteiger partial charge in [-0.3, -0.25) is 9.59 Å². The molecule has 2 aromatic heterocycles. The Morgan fingerprint density at radius 2 is 1.93 bits per heavy atom. The monoisotopic (exact) mass is 381 g/mol. The van der Waals surface area contributed by atoms with Crippen molar-refractivity contribution >= 4 is 11.8 Å². The van der Waals surface area contributed by atoms with Gasteiger partial charge in [-0.05, 0) is 43.3 Å². The molecule has 0 fully saturated rings. The summed E-state index contributed by atoms with van der Waals surface area (Å²) in [6.07, 6.45) is 1.64. The number of carbonyl (C=O) groups excluding carboxylic acids is 2. The van der Waals surface area contributed by atoms with Crippen molar-refractivity contribution in [1.82, 2.24) is 4.57 Å². The number of ether oxygens (including phenoxy) is 2. The second-order valence-corrected chi connectivity index (χ2v) is 6.09. The molecule has 0 N–H and O–H groups in total. The summed E-state index contributed by atoms with van der Waals surface area (Å²) in [6, 6.07) is 12.9. The predicted octanol–water partition coefficient (Wildman–Crippen LogP) is 3.06. The molecular weight excluding hydrogens is 362 g/mol. The van der Waals surface area contributed by atoms with Gasteiger partial charge in [-0.2, -0.15) is 0 Å². The van der Waals surface area contributed by atoms with E-state index in [1.807, 2.05) is 0 Å². The van der Waals surface area contributed by atoms with Crippen LogP contribution < -0.4 is 10.3 Å². The zero-order valence-corrected chi connectivity index (χ0v) is 15.5. The molecule has 0 aliphatic heterocycles. The van der Waals surface area contributed by atoms with Crippen LogP contribution in [0.5, 0.6) is 5.75 Å². The maximum absolute atomic E-state index is 12.3. The number of pyridine rings is 1. The van der Waals surface area contributed by atoms with Gasteiger partial charge in [-0.1, -0.05) is 6.07 Å². The van der Waals surface area contributed by atoms with Gasteiger partial charge in [0.1, 0.15) is 18.1 Å². The Labute approximate surface area is 161 Å². The lowest BCUT2D eigenvalue weighted by Gasteiger charge is -2.10. The highest BCUT2D eigenvalue weighted by Crippen LogP contribution is 2.22. The first-order valence-electron chi connectivity index (χ1n) is 8.57. The number of methoxy groups -OCH3 is 1. The normalized spacial score (nSPS) is 10.5. The summed E-state index contributed by atoms with van der Waals surface area (Å²) in [5.74, 6) is 0.252. The fourth-order valence-electron chi connectivity index (χ4n) is 2.66. The molecule has 0 spiro atoms. The molecule has 144 valence electrons. The molecule has 0 saturated carbocycles. The van der Waals surface area contributed by atoms with E-state index >= 15 is 0 Å². The predicted molar refractivity (Wildman–Crippen MR) is 101 cm³/mol. The molecule has 0 atom stereocenters. The first-order chi connectivity index (χ1) is 13.5. The summed E-state index contributed by atoms with van der Waals surface area (Å²) >= 11 is 0. The average Bonchev–Trinajstić information content (AvgIpc) is 3.16. The number of rotatable bonds is 7.